The number of aromatic nitrogens is 1. The lowest BCUT2D eigenvalue weighted by atomic mass is 10.1. The number of hydrogen-bond donors (Lipinski definition) is 1. The molecule has 2 unspecified atom stereocenters. The Morgan fingerprint density at radius 2 is 2.00 bits per heavy atom. The van der Waals surface area contributed by atoms with E-state index in [1.165, 1.54) is 23.5 Å². The summed E-state index contributed by atoms with van der Waals surface area (Å²) in [6.45, 7) is 6.58. The van der Waals surface area contributed by atoms with Gasteiger partial charge < -0.3 is 10.1 Å². The molecule has 0 saturated carbocycles. The van der Waals surface area contributed by atoms with E-state index < -0.39 is 4.92 Å². The number of nitrogens with one attached hydrogen (secondary N) is 1. The van der Waals surface area contributed by atoms with Crippen LogP contribution in [0.15, 0.2) is 29.6 Å². The van der Waals surface area contributed by atoms with Gasteiger partial charge in [0.1, 0.15) is 0 Å². The number of nitro benzene ring substituents is 1. The summed E-state index contributed by atoms with van der Waals surface area (Å²) in [5.41, 5.74) is 1.65. The second-order valence-corrected chi connectivity index (χ2v) is 7.60. The van der Waals surface area contributed by atoms with Crippen molar-refractivity contribution in [3.8, 4) is 0 Å². The second-order valence-electron chi connectivity index (χ2n) is 6.74. The molecule has 0 radical (unpaired) electrons. The van der Waals surface area contributed by atoms with Crippen LogP contribution in [0.3, 0.4) is 0 Å². The first-order valence-corrected chi connectivity index (χ1v) is 9.62. The molecule has 1 N–H and O–H groups in total. The molecule has 0 bridgehead atoms. The number of morpholine rings is 1. The number of thiazole rings is 1. The zero-order chi connectivity index (χ0) is 19.4. The molecule has 1 aliphatic rings. The summed E-state index contributed by atoms with van der Waals surface area (Å²) in [5, 5.41) is 16.0. The first kappa shape index (κ1) is 19.4. The molecule has 9 heteroatoms. The first-order chi connectivity index (χ1) is 12.9. The maximum Gasteiger partial charge on any atom is 0.269 e. The predicted octanol–water partition coefficient (Wildman–Crippen LogP) is 2.84. The van der Waals surface area contributed by atoms with Crippen LogP contribution in [0, 0.1) is 10.1 Å². The van der Waals surface area contributed by atoms with Crippen molar-refractivity contribution in [1.29, 1.82) is 0 Å². The number of nitrogens with zero attached hydrogens (tertiary/aromatic N) is 3. The zero-order valence-electron chi connectivity index (χ0n) is 15.3. The molecule has 1 aromatic carbocycles. The third kappa shape index (κ3) is 5.56. The molecule has 0 aliphatic carbocycles. The fourth-order valence-corrected chi connectivity index (χ4v) is 3.88. The van der Waals surface area contributed by atoms with E-state index in [9.17, 15) is 14.9 Å². The van der Waals surface area contributed by atoms with Crippen LogP contribution >= 0.6 is 11.3 Å². The van der Waals surface area contributed by atoms with Gasteiger partial charge in [0, 0.05) is 37.1 Å². The number of hydrogen-bond acceptors (Lipinski definition) is 7. The molecule has 2 heterocycles. The Morgan fingerprint density at radius 3 is 2.63 bits per heavy atom. The third-order valence-corrected chi connectivity index (χ3v) is 5.00. The number of rotatable bonds is 6. The Labute approximate surface area is 161 Å². The van der Waals surface area contributed by atoms with Crippen LogP contribution in [0.1, 0.15) is 25.1 Å². The van der Waals surface area contributed by atoms with Crippen molar-refractivity contribution in [1.82, 2.24) is 9.88 Å². The molecule has 0 spiro atoms. The molecule has 2 atom stereocenters. The number of benzene rings is 1. The highest BCUT2D eigenvalue weighted by Gasteiger charge is 2.22. The van der Waals surface area contributed by atoms with Gasteiger partial charge in [0.25, 0.3) is 5.69 Å². The van der Waals surface area contributed by atoms with Gasteiger partial charge >= 0.3 is 0 Å². The molecule has 8 nitrogen and oxygen atoms in total. The number of nitro groups is 1. The van der Waals surface area contributed by atoms with E-state index in [0.717, 1.165) is 25.3 Å². The summed E-state index contributed by atoms with van der Waals surface area (Å²) < 4.78 is 5.74. The smallest absolute Gasteiger partial charge is 0.269 e. The Kier molecular flexibility index (Phi) is 6.15. The third-order valence-electron chi connectivity index (χ3n) is 4.19. The van der Waals surface area contributed by atoms with Crippen molar-refractivity contribution < 1.29 is 14.5 Å². The minimum absolute atomic E-state index is 0.00970. The number of ether oxygens (including phenoxy) is 1. The van der Waals surface area contributed by atoms with Crippen molar-refractivity contribution in [3.05, 3.63) is 51.0 Å². The van der Waals surface area contributed by atoms with E-state index in [4.69, 9.17) is 4.74 Å². The fourth-order valence-electron chi connectivity index (χ4n) is 3.16. The van der Waals surface area contributed by atoms with Crippen molar-refractivity contribution in [3.63, 3.8) is 0 Å². The average molecular weight is 390 g/mol. The lowest BCUT2D eigenvalue weighted by molar-refractivity contribution is -0.384. The topological polar surface area (TPSA) is 97.6 Å². The van der Waals surface area contributed by atoms with E-state index in [1.807, 2.05) is 5.38 Å². The van der Waals surface area contributed by atoms with Crippen LogP contribution in [-0.4, -0.2) is 46.0 Å². The van der Waals surface area contributed by atoms with Gasteiger partial charge in [-0.15, -0.1) is 11.3 Å². The normalized spacial score (nSPS) is 20.4. The molecule has 1 fully saturated rings. The number of non-ortho nitro benzene ring substituents is 1. The highest BCUT2D eigenvalue weighted by Crippen LogP contribution is 2.20. The van der Waals surface area contributed by atoms with E-state index >= 15 is 0 Å². The van der Waals surface area contributed by atoms with Crippen LogP contribution in [0.5, 0.6) is 0 Å². The summed E-state index contributed by atoms with van der Waals surface area (Å²) in [5.74, 6) is -0.196. The van der Waals surface area contributed by atoms with E-state index in [2.05, 4.69) is 29.0 Å². The Hall–Kier alpha value is -2.36. The molecule has 3 rings (SSSR count). The summed E-state index contributed by atoms with van der Waals surface area (Å²) in [6.07, 6.45) is 0.548. The fraction of sp³-hybridized carbons (Fsp3) is 0.444. The lowest BCUT2D eigenvalue weighted by Gasteiger charge is -2.34. The summed E-state index contributed by atoms with van der Waals surface area (Å²) in [6, 6.07) is 5.97. The molecule has 2 aromatic rings. The van der Waals surface area contributed by atoms with Crippen LogP contribution in [0.2, 0.25) is 0 Å². The van der Waals surface area contributed by atoms with Crippen molar-refractivity contribution in [2.45, 2.75) is 39.0 Å². The van der Waals surface area contributed by atoms with Gasteiger partial charge in [0.2, 0.25) is 5.91 Å². The molecule has 1 amide bonds. The van der Waals surface area contributed by atoms with E-state index in [-0.39, 0.29) is 30.2 Å². The van der Waals surface area contributed by atoms with Gasteiger partial charge in [-0.3, -0.25) is 19.8 Å². The Balaban J connectivity index is 1.52. The van der Waals surface area contributed by atoms with Gasteiger partial charge in [-0.1, -0.05) is 12.1 Å². The molecule has 1 aliphatic heterocycles. The monoisotopic (exact) mass is 390 g/mol. The van der Waals surface area contributed by atoms with Gasteiger partial charge in [0.15, 0.2) is 5.13 Å². The van der Waals surface area contributed by atoms with E-state index in [1.54, 1.807) is 12.1 Å². The summed E-state index contributed by atoms with van der Waals surface area (Å²) in [4.78, 5) is 29.2. The number of carbonyl (C=O) groups excluding carboxylic acids is 1. The Morgan fingerprint density at radius 1 is 1.33 bits per heavy atom. The van der Waals surface area contributed by atoms with Gasteiger partial charge in [0.05, 0.1) is 29.2 Å². The first-order valence-electron chi connectivity index (χ1n) is 8.74. The van der Waals surface area contributed by atoms with Crippen LogP contribution in [0.4, 0.5) is 10.8 Å². The maximum absolute atomic E-state index is 12.2. The van der Waals surface area contributed by atoms with Gasteiger partial charge in [-0.05, 0) is 19.4 Å². The largest absolute Gasteiger partial charge is 0.373 e. The van der Waals surface area contributed by atoms with Crippen molar-refractivity contribution >= 4 is 28.1 Å². The molecular formula is C18H22N4O4S. The number of carbonyl (C=O) groups is 1. The maximum atomic E-state index is 12.2. The summed E-state index contributed by atoms with van der Waals surface area (Å²) >= 11 is 1.39. The quantitative estimate of drug-likeness (QED) is 0.602. The Bertz CT molecular complexity index is 798. The molecule has 27 heavy (non-hydrogen) atoms. The van der Waals surface area contributed by atoms with Crippen LogP contribution in [0.25, 0.3) is 0 Å². The van der Waals surface area contributed by atoms with Crippen molar-refractivity contribution in [2.75, 3.05) is 18.4 Å². The van der Waals surface area contributed by atoms with Gasteiger partial charge in [-0.2, -0.15) is 0 Å². The van der Waals surface area contributed by atoms with Crippen molar-refractivity contribution in [2.24, 2.45) is 0 Å². The number of amides is 1. The minimum Gasteiger partial charge on any atom is -0.373 e. The van der Waals surface area contributed by atoms with E-state index in [0.29, 0.717) is 10.7 Å². The average Bonchev–Trinajstić information content (AvgIpc) is 3.01. The summed E-state index contributed by atoms with van der Waals surface area (Å²) in [7, 11) is 0. The minimum atomic E-state index is -0.461. The molecule has 144 valence electrons. The molecular weight excluding hydrogens is 368 g/mol. The number of anilines is 1. The highest BCUT2D eigenvalue weighted by molar-refractivity contribution is 7.13. The van der Waals surface area contributed by atoms with Crippen LogP contribution in [-0.2, 0) is 22.5 Å². The highest BCUT2D eigenvalue weighted by atomic mass is 32.1. The zero-order valence-corrected chi connectivity index (χ0v) is 16.1. The van der Waals surface area contributed by atoms with Crippen LogP contribution < -0.4 is 5.32 Å². The lowest BCUT2D eigenvalue weighted by Crippen LogP contribution is -2.44. The molecule has 1 aromatic heterocycles. The second kappa shape index (κ2) is 8.55. The standard InChI is InChI=1S/C18H22N4O4S/c1-12-8-21(9-13(2)26-12)10-15-11-27-18(19-15)20-17(23)7-14-3-5-16(6-4-14)22(24)25/h3-6,11-13H,7-10H2,1-2H3,(H,19,20,23). The van der Waals surface area contributed by atoms with Gasteiger partial charge in [-0.25, -0.2) is 4.98 Å². The SMILES string of the molecule is CC1CN(Cc2csc(NC(=O)Cc3ccc([N+](=O)[O-])cc3)n2)CC(C)O1. The predicted molar refractivity (Wildman–Crippen MR) is 103 cm³/mol. The molecule has 1 saturated heterocycles.